The van der Waals surface area contributed by atoms with Crippen LogP contribution in [0.25, 0.3) is 0 Å². The van der Waals surface area contributed by atoms with Crippen molar-refractivity contribution in [1.82, 2.24) is 24.9 Å². The van der Waals surface area contributed by atoms with Gasteiger partial charge in [0.15, 0.2) is 0 Å². The van der Waals surface area contributed by atoms with Crippen LogP contribution in [-0.4, -0.2) is 86.8 Å². The van der Waals surface area contributed by atoms with Crippen molar-refractivity contribution in [2.24, 2.45) is 0 Å². The molecule has 0 unspecified atom stereocenters. The van der Waals surface area contributed by atoms with E-state index in [1.807, 2.05) is 4.72 Å². The molecule has 2 aliphatic heterocycles. The molecule has 0 aromatic heterocycles. The Kier molecular flexibility index (Phi) is 7.89. The van der Waals surface area contributed by atoms with E-state index in [4.69, 9.17) is 14.1 Å². The molecule has 2 saturated heterocycles. The van der Waals surface area contributed by atoms with Gasteiger partial charge in [-0.05, 0) is 33.6 Å². The number of piperidine rings is 1. The normalized spacial score (nSPS) is 21.4. The minimum Gasteiger partial charge on any atom is -0.443 e. The summed E-state index contributed by atoms with van der Waals surface area (Å²) in [5.41, 5.74) is 1.18. The summed E-state index contributed by atoms with van der Waals surface area (Å²) in [7, 11) is -9.12. The van der Waals surface area contributed by atoms with Gasteiger partial charge >= 0.3 is 32.7 Å². The minimum absolute atomic E-state index is 0.00255. The Morgan fingerprint density at radius 1 is 1.19 bits per heavy atom. The fraction of sp³-hybridized carbons (Fsp3) is 0.786. The number of carbonyl (C=O) groups is 3. The highest BCUT2D eigenvalue weighted by molar-refractivity contribution is 7.88. The lowest BCUT2D eigenvalue weighted by Crippen LogP contribution is -2.50. The van der Waals surface area contributed by atoms with E-state index in [1.165, 1.54) is 0 Å². The Hall–Kier alpha value is -2.25. The molecule has 0 aromatic carbocycles. The summed E-state index contributed by atoms with van der Waals surface area (Å²) in [6.07, 6.45) is -0.771. The van der Waals surface area contributed by atoms with Crippen LogP contribution in [0.3, 0.4) is 0 Å². The van der Waals surface area contributed by atoms with E-state index >= 15 is 0 Å². The van der Waals surface area contributed by atoms with Gasteiger partial charge in [0.1, 0.15) is 11.6 Å². The third-order valence-corrected chi connectivity index (χ3v) is 5.45. The first-order valence-electron chi connectivity index (χ1n) is 9.27. The molecule has 0 aromatic rings. The second-order valence-electron chi connectivity index (χ2n) is 7.83. The molecule has 0 spiro atoms. The Morgan fingerprint density at radius 3 is 2.44 bits per heavy atom. The Labute approximate surface area is 184 Å². The molecule has 0 saturated carbocycles. The summed E-state index contributed by atoms with van der Waals surface area (Å²) in [4.78, 5) is 42.0. The molecule has 16 nitrogen and oxygen atoms in total. The quantitative estimate of drug-likeness (QED) is 0.160. The predicted octanol–water partition coefficient (Wildman–Crippen LogP) is -1.60. The Morgan fingerprint density at radius 2 is 1.84 bits per heavy atom. The summed E-state index contributed by atoms with van der Waals surface area (Å²) in [6.45, 7) is 4.05. The van der Waals surface area contributed by atoms with Crippen LogP contribution in [0.4, 0.5) is 9.59 Å². The SMILES string of the molecule is CC(C)(C)OC(=O)NS(=O)(=O)NCCONC(=O)[C@@H]1CC[C@H]2CN1C(=O)N2OS(=O)(=O)O. The zero-order valence-corrected chi connectivity index (χ0v) is 19.1. The highest BCUT2D eigenvalue weighted by atomic mass is 32.3. The molecule has 2 fully saturated rings. The fourth-order valence-corrected chi connectivity index (χ4v) is 4.04. The third-order valence-electron chi connectivity index (χ3n) is 4.09. The molecule has 2 aliphatic rings. The number of urea groups is 1. The molecule has 2 rings (SSSR count). The van der Waals surface area contributed by atoms with E-state index in [0.717, 1.165) is 4.90 Å². The van der Waals surface area contributed by atoms with Gasteiger partial charge in [-0.15, -0.1) is 4.28 Å². The second kappa shape index (κ2) is 9.71. The zero-order chi connectivity index (χ0) is 24.3. The number of nitrogens with one attached hydrogen (secondary N) is 3. The first kappa shape index (κ1) is 26.0. The third kappa shape index (κ3) is 7.71. The lowest BCUT2D eigenvalue weighted by Gasteiger charge is -2.28. The van der Waals surface area contributed by atoms with Crippen molar-refractivity contribution in [2.45, 2.75) is 51.3 Å². The molecule has 4 amide bonds. The van der Waals surface area contributed by atoms with Crippen LogP contribution in [0, 0.1) is 0 Å². The van der Waals surface area contributed by atoms with Gasteiger partial charge < -0.3 is 9.64 Å². The molecule has 2 atom stereocenters. The number of hydrogen-bond donors (Lipinski definition) is 4. The van der Waals surface area contributed by atoms with Gasteiger partial charge in [-0.1, -0.05) is 0 Å². The lowest BCUT2D eigenvalue weighted by atomic mass is 10.0. The van der Waals surface area contributed by atoms with Crippen LogP contribution in [0.2, 0.25) is 0 Å². The summed E-state index contributed by atoms with van der Waals surface area (Å²) in [5, 5.41) is 0.496. The Balaban J connectivity index is 1.75. The van der Waals surface area contributed by atoms with Crippen LogP contribution >= 0.6 is 0 Å². The topological polar surface area (TPSA) is 210 Å². The molecule has 0 radical (unpaired) electrons. The zero-order valence-electron chi connectivity index (χ0n) is 17.4. The number of rotatable bonds is 9. The number of hydroxylamine groups is 3. The van der Waals surface area contributed by atoms with Crippen LogP contribution in [-0.2, 0) is 39.3 Å². The molecule has 2 bridgehead atoms. The standard InChI is InChI=1S/C14H25N5O11S2/c1-14(2,3)29-12(21)17-31(23,24)15-6-7-28-16-11(20)10-5-4-9-8-18(10)13(22)19(9)30-32(25,26)27/h9-10,15H,4-8H2,1-3H3,(H,16,20)(H,17,21)(H,25,26,27)/t9-,10-/m0/s1. The van der Waals surface area contributed by atoms with E-state index in [9.17, 15) is 31.2 Å². The van der Waals surface area contributed by atoms with E-state index in [2.05, 4.69) is 9.76 Å². The van der Waals surface area contributed by atoms with Gasteiger partial charge in [0.05, 0.1) is 12.6 Å². The summed E-state index contributed by atoms with van der Waals surface area (Å²) >= 11 is 0. The number of hydrogen-bond acceptors (Lipinski definition) is 10. The van der Waals surface area contributed by atoms with E-state index < -0.39 is 56.3 Å². The van der Waals surface area contributed by atoms with Gasteiger partial charge in [-0.25, -0.2) is 19.8 Å². The average Bonchev–Trinajstić information content (AvgIpc) is 2.82. The maximum atomic E-state index is 12.3. The van der Waals surface area contributed by atoms with Gasteiger partial charge in [0.2, 0.25) is 0 Å². The molecule has 2 heterocycles. The highest BCUT2D eigenvalue weighted by Gasteiger charge is 2.49. The maximum absolute atomic E-state index is 12.3. The van der Waals surface area contributed by atoms with Gasteiger partial charge in [0, 0.05) is 13.1 Å². The predicted molar refractivity (Wildman–Crippen MR) is 104 cm³/mol. The summed E-state index contributed by atoms with van der Waals surface area (Å²) < 4.78 is 66.7. The summed E-state index contributed by atoms with van der Waals surface area (Å²) in [6, 6.07) is -2.55. The number of carbonyl (C=O) groups excluding carboxylic acids is 3. The number of nitrogens with zero attached hydrogens (tertiary/aromatic N) is 2. The largest absolute Gasteiger partial charge is 0.443 e. The molecule has 0 aliphatic carbocycles. The first-order valence-corrected chi connectivity index (χ1v) is 12.1. The van der Waals surface area contributed by atoms with E-state index in [-0.39, 0.29) is 32.5 Å². The molecule has 32 heavy (non-hydrogen) atoms. The van der Waals surface area contributed by atoms with Crippen molar-refractivity contribution in [3.05, 3.63) is 0 Å². The van der Waals surface area contributed by atoms with Crippen molar-refractivity contribution in [2.75, 3.05) is 19.7 Å². The van der Waals surface area contributed by atoms with Gasteiger partial charge in [-0.2, -0.15) is 26.6 Å². The lowest BCUT2D eigenvalue weighted by molar-refractivity contribution is -0.138. The fourth-order valence-electron chi connectivity index (χ4n) is 2.97. The van der Waals surface area contributed by atoms with Crippen LogP contribution in [0.15, 0.2) is 0 Å². The van der Waals surface area contributed by atoms with Gasteiger partial charge in [0.25, 0.3) is 5.91 Å². The van der Waals surface area contributed by atoms with Crippen molar-refractivity contribution >= 4 is 38.6 Å². The highest BCUT2D eigenvalue weighted by Crippen LogP contribution is 2.30. The molecule has 18 heteroatoms. The first-order chi connectivity index (χ1) is 14.6. The number of fused-ring (bicyclic) bond motifs is 2. The van der Waals surface area contributed by atoms with E-state index in [0.29, 0.717) is 5.06 Å². The van der Waals surface area contributed by atoms with Crippen molar-refractivity contribution in [3.8, 4) is 0 Å². The average molecular weight is 504 g/mol. The van der Waals surface area contributed by atoms with Gasteiger partial charge in [-0.3, -0.25) is 14.2 Å². The van der Waals surface area contributed by atoms with Crippen LogP contribution in [0.5, 0.6) is 0 Å². The smallest absolute Gasteiger partial charge is 0.422 e. The van der Waals surface area contributed by atoms with E-state index in [1.54, 1.807) is 25.5 Å². The van der Waals surface area contributed by atoms with Crippen molar-refractivity contribution in [3.63, 3.8) is 0 Å². The monoisotopic (exact) mass is 503 g/mol. The maximum Gasteiger partial charge on any atom is 0.422 e. The van der Waals surface area contributed by atoms with Crippen molar-refractivity contribution in [1.29, 1.82) is 0 Å². The molecule has 4 N–H and O–H groups in total. The molecular formula is C14H25N5O11S2. The second-order valence-corrected chi connectivity index (χ2v) is 10.3. The minimum atomic E-state index is -4.90. The van der Waals surface area contributed by atoms with Crippen molar-refractivity contribution < 1.29 is 49.6 Å². The molecular weight excluding hydrogens is 478 g/mol. The van der Waals surface area contributed by atoms with Crippen LogP contribution in [0.1, 0.15) is 33.6 Å². The number of amides is 4. The number of ether oxygens (including phenoxy) is 1. The summed E-state index contributed by atoms with van der Waals surface area (Å²) in [5.74, 6) is -0.722. The van der Waals surface area contributed by atoms with Crippen LogP contribution < -0.4 is 14.9 Å². The molecule has 184 valence electrons. The Bertz CT molecular complexity index is 947.